The molecule has 0 fully saturated rings. The van der Waals surface area contributed by atoms with Gasteiger partial charge in [0.05, 0.1) is 13.2 Å². The maximum atomic E-state index is 12.3. The second-order valence-corrected chi connectivity index (χ2v) is 10.4. The third-order valence-electron chi connectivity index (χ3n) is 6.88. The van der Waals surface area contributed by atoms with Crippen molar-refractivity contribution >= 4 is 11.9 Å². The molecule has 1 aromatic rings. The van der Waals surface area contributed by atoms with Gasteiger partial charge >= 0.3 is 11.9 Å². The van der Waals surface area contributed by atoms with Gasteiger partial charge in [0.15, 0.2) is 0 Å². The fraction of sp³-hybridized carbons (Fsp3) is 0.781. The molecule has 5 heteroatoms. The number of unbranched alkanes of at least 4 members (excludes halogenated alkanes) is 19. The summed E-state index contributed by atoms with van der Waals surface area (Å²) in [6.45, 7) is 5.26. The fourth-order valence-corrected chi connectivity index (χ4v) is 4.50. The zero-order valence-electron chi connectivity index (χ0n) is 24.1. The van der Waals surface area contributed by atoms with E-state index >= 15 is 0 Å². The van der Waals surface area contributed by atoms with E-state index in [9.17, 15) is 9.59 Å². The van der Waals surface area contributed by atoms with E-state index in [0.717, 1.165) is 25.7 Å². The Morgan fingerprint density at radius 1 is 0.514 bits per heavy atom. The maximum absolute atomic E-state index is 12.3. The zero-order valence-corrected chi connectivity index (χ0v) is 24.1. The minimum Gasteiger partial charge on any atom is -0.461 e. The van der Waals surface area contributed by atoms with E-state index in [1.165, 1.54) is 109 Å². The van der Waals surface area contributed by atoms with Gasteiger partial charge in [0.1, 0.15) is 11.4 Å². The first-order valence-electron chi connectivity index (χ1n) is 15.5. The highest BCUT2D eigenvalue weighted by Crippen LogP contribution is 2.13. The fourth-order valence-electron chi connectivity index (χ4n) is 4.50. The van der Waals surface area contributed by atoms with Gasteiger partial charge in [0, 0.05) is 0 Å². The SMILES string of the molecule is CCCCCCCCCCCCCCCCOC(=O)c1cccc(C(=O)OCCCCCCCCC)n1. The number of nitrogens with zero attached hydrogens (tertiary/aromatic N) is 1. The number of ether oxygens (including phenoxy) is 2. The Hall–Kier alpha value is -1.91. The average Bonchev–Trinajstić information content (AvgIpc) is 2.92. The van der Waals surface area contributed by atoms with Crippen molar-refractivity contribution in [2.24, 2.45) is 0 Å². The monoisotopic (exact) mass is 517 g/mol. The topological polar surface area (TPSA) is 65.5 Å². The normalized spacial score (nSPS) is 11.0. The van der Waals surface area contributed by atoms with E-state index in [4.69, 9.17) is 9.47 Å². The predicted molar refractivity (Wildman–Crippen MR) is 153 cm³/mol. The molecule has 5 nitrogen and oxygen atoms in total. The van der Waals surface area contributed by atoms with Gasteiger partial charge in [0.2, 0.25) is 0 Å². The van der Waals surface area contributed by atoms with Crippen molar-refractivity contribution in [3.05, 3.63) is 29.6 Å². The molecular weight excluding hydrogens is 462 g/mol. The van der Waals surface area contributed by atoms with E-state index in [0.29, 0.717) is 13.2 Å². The molecule has 0 amide bonds. The van der Waals surface area contributed by atoms with Crippen LogP contribution in [0, 0.1) is 0 Å². The average molecular weight is 518 g/mol. The summed E-state index contributed by atoms with van der Waals surface area (Å²) in [4.78, 5) is 28.7. The van der Waals surface area contributed by atoms with Crippen molar-refractivity contribution in [3.63, 3.8) is 0 Å². The van der Waals surface area contributed by atoms with Crippen molar-refractivity contribution in [2.75, 3.05) is 13.2 Å². The van der Waals surface area contributed by atoms with Gasteiger partial charge in [-0.25, -0.2) is 14.6 Å². The van der Waals surface area contributed by atoms with Crippen LogP contribution in [0.1, 0.15) is 170 Å². The van der Waals surface area contributed by atoms with Gasteiger partial charge in [-0.05, 0) is 25.0 Å². The van der Waals surface area contributed by atoms with Gasteiger partial charge in [-0.1, -0.05) is 142 Å². The molecule has 0 aliphatic carbocycles. The first-order chi connectivity index (χ1) is 18.2. The van der Waals surface area contributed by atoms with Crippen LogP contribution in [0.3, 0.4) is 0 Å². The minimum absolute atomic E-state index is 0.161. The Morgan fingerprint density at radius 2 is 0.811 bits per heavy atom. The van der Waals surface area contributed by atoms with Crippen molar-refractivity contribution in [3.8, 4) is 0 Å². The van der Waals surface area contributed by atoms with Gasteiger partial charge < -0.3 is 9.47 Å². The lowest BCUT2D eigenvalue weighted by molar-refractivity contribution is 0.0482. The molecule has 0 saturated carbocycles. The summed E-state index contributed by atoms with van der Waals surface area (Å²) in [6, 6.07) is 4.82. The number of hydrogen-bond acceptors (Lipinski definition) is 5. The molecule has 0 unspecified atom stereocenters. The number of hydrogen-bond donors (Lipinski definition) is 0. The Bertz CT molecular complexity index is 691. The second-order valence-electron chi connectivity index (χ2n) is 10.4. The third kappa shape index (κ3) is 18.9. The minimum atomic E-state index is -0.479. The number of carbonyl (C=O) groups excluding carboxylic acids is 2. The summed E-state index contributed by atoms with van der Waals surface area (Å²) in [5, 5.41) is 0. The molecule has 0 aromatic carbocycles. The standard InChI is InChI=1S/C32H55NO4/c1-3-5-7-9-11-12-13-14-15-16-17-19-21-23-28-37-32(35)30-26-24-25-29(33-30)31(34)36-27-22-20-18-10-8-6-4-2/h24-26H,3-23,27-28H2,1-2H3. The van der Waals surface area contributed by atoms with E-state index in [-0.39, 0.29) is 11.4 Å². The van der Waals surface area contributed by atoms with E-state index < -0.39 is 11.9 Å². The van der Waals surface area contributed by atoms with E-state index in [1.54, 1.807) is 18.2 Å². The lowest BCUT2D eigenvalue weighted by atomic mass is 10.0. The van der Waals surface area contributed by atoms with Gasteiger partial charge in [-0.15, -0.1) is 0 Å². The van der Waals surface area contributed by atoms with E-state index in [1.807, 2.05) is 0 Å². The number of aromatic nitrogens is 1. The van der Waals surface area contributed by atoms with Crippen molar-refractivity contribution in [1.29, 1.82) is 0 Å². The third-order valence-corrected chi connectivity index (χ3v) is 6.88. The lowest BCUT2D eigenvalue weighted by Crippen LogP contribution is -2.13. The first kappa shape index (κ1) is 33.1. The first-order valence-corrected chi connectivity index (χ1v) is 15.5. The molecule has 0 atom stereocenters. The van der Waals surface area contributed by atoms with Crippen LogP contribution >= 0.6 is 0 Å². The molecule has 0 radical (unpaired) electrons. The molecule has 212 valence electrons. The molecule has 0 bridgehead atoms. The quantitative estimate of drug-likeness (QED) is 0.0954. The number of pyridine rings is 1. The van der Waals surface area contributed by atoms with E-state index in [2.05, 4.69) is 18.8 Å². The molecular formula is C32H55NO4. The molecule has 37 heavy (non-hydrogen) atoms. The zero-order chi connectivity index (χ0) is 26.8. The smallest absolute Gasteiger partial charge is 0.356 e. The largest absolute Gasteiger partial charge is 0.461 e. The molecule has 1 aromatic heterocycles. The lowest BCUT2D eigenvalue weighted by Gasteiger charge is -2.07. The second kappa shape index (κ2) is 24.4. The van der Waals surface area contributed by atoms with Crippen LogP contribution in [-0.2, 0) is 9.47 Å². The Labute approximate surface area is 227 Å². The van der Waals surface area contributed by atoms with Gasteiger partial charge in [-0.2, -0.15) is 0 Å². The van der Waals surface area contributed by atoms with Crippen molar-refractivity contribution in [2.45, 2.75) is 149 Å². The highest BCUT2D eigenvalue weighted by atomic mass is 16.5. The molecule has 0 aliphatic heterocycles. The highest BCUT2D eigenvalue weighted by Gasteiger charge is 2.14. The Kier molecular flexibility index (Phi) is 21.9. The molecule has 0 saturated heterocycles. The summed E-state index contributed by atoms with van der Waals surface area (Å²) in [5.74, 6) is -0.955. The Balaban J connectivity index is 2.05. The summed E-state index contributed by atoms with van der Waals surface area (Å²) in [6.07, 6.45) is 26.3. The van der Waals surface area contributed by atoms with Crippen LogP contribution in [0.5, 0.6) is 0 Å². The van der Waals surface area contributed by atoms with Gasteiger partial charge in [-0.3, -0.25) is 0 Å². The summed E-state index contributed by atoms with van der Waals surface area (Å²) >= 11 is 0. The van der Waals surface area contributed by atoms with Crippen molar-refractivity contribution < 1.29 is 19.1 Å². The summed E-state index contributed by atoms with van der Waals surface area (Å²) < 4.78 is 10.7. The molecule has 1 rings (SSSR count). The summed E-state index contributed by atoms with van der Waals surface area (Å²) in [5.41, 5.74) is 0.324. The van der Waals surface area contributed by atoms with Crippen LogP contribution < -0.4 is 0 Å². The maximum Gasteiger partial charge on any atom is 0.356 e. The van der Waals surface area contributed by atoms with Crippen LogP contribution in [0.15, 0.2) is 18.2 Å². The molecule has 0 aliphatic rings. The van der Waals surface area contributed by atoms with Gasteiger partial charge in [0.25, 0.3) is 0 Å². The Morgan fingerprint density at radius 3 is 1.14 bits per heavy atom. The molecule has 1 heterocycles. The number of rotatable bonds is 25. The van der Waals surface area contributed by atoms with Crippen LogP contribution in [-0.4, -0.2) is 30.1 Å². The van der Waals surface area contributed by atoms with Crippen LogP contribution in [0.2, 0.25) is 0 Å². The predicted octanol–water partition coefficient (Wildman–Crippen LogP) is 9.63. The molecule has 0 spiro atoms. The number of carbonyl (C=O) groups is 2. The number of esters is 2. The summed E-state index contributed by atoms with van der Waals surface area (Å²) in [7, 11) is 0. The van der Waals surface area contributed by atoms with Crippen LogP contribution in [0.25, 0.3) is 0 Å². The van der Waals surface area contributed by atoms with Crippen LogP contribution in [0.4, 0.5) is 0 Å². The molecule has 0 N–H and O–H groups in total. The highest BCUT2D eigenvalue weighted by molar-refractivity contribution is 5.91. The van der Waals surface area contributed by atoms with Crippen molar-refractivity contribution in [1.82, 2.24) is 4.98 Å².